The second-order valence-electron chi connectivity index (χ2n) is 6.76. The van der Waals surface area contributed by atoms with E-state index < -0.39 is 0 Å². The lowest BCUT2D eigenvalue weighted by Crippen LogP contribution is -2.42. The van der Waals surface area contributed by atoms with Gasteiger partial charge in [-0.1, -0.05) is 44.2 Å². The Labute approximate surface area is 129 Å². The highest BCUT2D eigenvalue weighted by Crippen LogP contribution is 2.32. The number of carbonyl (C=O) groups excluding carboxylic acids is 1. The van der Waals surface area contributed by atoms with Gasteiger partial charge < -0.3 is 4.90 Å². The Morgan fingerprint density at radius 1 is 1.14 bits per heavy atom. The molecule has 2 heteroatoms. The first-order valence-corrected chi connectivity index (χ1v) is 8.39. The molecule has 0 N–H and O–H groups in total. The Bertz CT molecular complexity index is 432. The van der Waals surface area contributed by atoms with Crippen LogP contribution in [0.3, 0.4) is 0 Å². The normalized spacial score (nSPS) is 22.3. The van der Waals surface area contributed by atoms with Crippen LogP contribution in [0.2, 0.25) is 0 Å². The fourth-order valence-corrected chi connectivity index (χ4v) is 3.57. The monoisotopic (exact) mass is 287 g/mol. The molecule has 2 nitrogen and oxygen atoms in total. The number of benzene rings is 1. The molecule has 0 spiro atoms. The molecule has 1 aliphatic carbocycles. The Morgan fingerprint density at radius 3 is 2.29 bits per heavy atom. The van der Waals surface area contributed by atoms with E-state index in [0.29, 0.717) is 6.04 Å². The Balaban J connectivity index is 1.89. The lowest BCUT2D eigenvalue weighted by Gasteiger charge is -2.37. The molecule has 116 valence electrons. The van der Waals surface area contributed by atoms with Crippen molar-refractivity contribution in [1.29, 1.82) is 0 Å². The van der Waals surface area contributed by atoms with Gasteiger partial charge in [-0.3, -0.25) is 4.79 Å². The second-order valence-corrected chi connectivity index (χ2v) is 6.76. The fraction of sp³-hybridized carbons (Fsp3) is 0.632. The van der Waals surface area contributed by atoms with Crippen LogP contribution < -0.4 is 0 Å². The Kier molecular flexibility index (Phi) is 5.84. The summed E-state index contributed by atoms with van der Waals surface area (Å²) in [5, 5.41) is 0. The zero-order valence-corrected chi connectivity index (χ0v) is 13.7. The predicted octanol–water partition coefficient (Wildman–Crippen LogP) is 4.29. The van der Waals surface area contributed by atoms with Crippen LogP contribution in [0.5, 0.6) is 0 Å². The summed E-state index contributed by atoms with van der Waals surface area (Å²) in [6.07, 6.45) is 5.87. The van der Waals surface area contributed by atoms with Crippen LogP contribution in [0.25, 0.3) is 0 Å². The third kappa shape index (κ3) is 4.59. The first kappa shape index (κ1) is 16.1. The summed E-state index contributed by atoms with van der Waals surface area (Å²) in [4.78, 5) is 14.1. The van der Waals surface area contributed by atoms with Gasteiger partial charge in [0.2, 0.25) is 5.91 Å². The first-order valence-electron chi connectivity index (χ1n) is 8.39. The van der Waals surface area contributed by atoms with Crippen LogP contribution >= 0.6 is 0 Å². The number of carbonyl (C=O) groups is 1. The average molecular weight is 287 g/mol. The minimum Gasteiger partial charge on any atom is -0.340 e. The smallest absolute Gasteiger partial charge is 0.219 e. The molecule has 2 rings (SSSR count). The molecule has 1 amide bonds. The quantitative estimate of drug-likeness (QED) is 0.791. The van der Waals surface area contributed by atoms with Gasteiger partial charge in [-0.15, -0.1) is 0 Å². The van der Waals surface area contributed by atoms with Gasteiger partial charge >= 0.3 is 0 Å². The van der Waals surface area contributed by atoms with Crippen LogP contribution in [0.1, 0.15) is 52.0 Å². The molecular weight excluding hydrogens is 258 g/mol. The highest BCUT2D eigenvalue weighted by atomic mass is 16.2. The summed E-state index contributed by atoms with van der Waals surface area (Å²) in [5.74, 6) is 1.86. The summed E-state index contributed by atoms with van der Waals surface area (Å²) >= 11 is 0. The highest BCUT2D eigenvalue weighted by Gasteiger charge is 2.28. The van der Waals surface area contributed by atoms with Crippen LogP contribution in [0.4, 0.5) is 0 Å². The summed E-state index contributed by atoms with van der Waals surface area (Å²) < 4.78 is 0. The van der Waals surface area contributed by atoms with Gasteiger partial charge in [-0.25, -0.2) is 0 Å². The maximum absolute atomic E-state index is 12.0. The zero-order valence-electron chi connectivity index (χ0n) is 13.7. The van der Waals surface area contributed by atoms with E-state index in [0.717, 1.165) is 24.8 Å². The lowest BCUT2D eigenvalue weighted by molar-refractivity contribution is -0.132. The van der Waals surface area contributed by atoms with E-state index in [-0.39, 0.29) is 5.91 Å². The second kappa shape index (κ2) is 7.63. The molecule has 1 fully saturated rings. The van der Waals surface area contributed by atoms with Gasteiger partial charge in [0.15, 0.2) is 0 Å². The van der Waals surface area contributed by atoms with Crippen LogP contribution in [0, 0.1) is 11.8 Å². The van der Waals surface area contributed by atoms with Crippen molar-refractivity contribution < 1.29 is 4.79 Å². The van der Waals surface area contributed by atoms with Crippen molar-refractivity contribution in [2.45, 2.75) is 58.9 Å². The summed E-state index contributed by atoms with van der Waals surface area (Å²) in [6, 6.07) is 10.9. The minimum absolute atomic E-state index is 0.235. The molecule has 0 radical (unpaired) electrons. The third-order valence-corrected chi connectivity index (χ3v) is 5.01. The predicted molar refractivity (Wildman–Crippen MR) is 88.1 cm³/mol. The van der Waals surface area contributed by atoms with Crippen molar-refractivity contribution in [3.05, 3.63) is 35.9 Å². The van der Waals surface area contributed by atoms with E-state index in [4.69, 9.17) is 0 Å². The van der Waals surface area contributed by atoms with Crippen LogP contribution in [0.15, 0.2) is 30.3 Å². The molecule has 0 atom stereocenters. The van der Waals surface area contributed by atoms with Crippen molar-refractivity contribution in [3.8, 4) is 0 Å². The zero-order chi connectivity index (χ0) is 15.2. The van der Waals surface area contributed by atoms with Gasteiger partial charge in [0, 0.05) is 19.5 Å². The van der Waals surface area contributed by atoms with Crippen molar-refractivity contribution >= 4 is 5.91 Å². The largest absolute Gasteiger partial charge is 0.340 e. The van der Waals surface area contributed by atoms with E-state index in [1.165, 1.54) is 31.2 Å². The molecule has 21 heavy (non-hydrogen) atoms. The third-order valence-electron chi connectivity index (χ3n) is 5.01. The highest BCUT2D eigenvalue weighted by molar-refractivity contribution is 5.73. The summed E-state index contributed by atoms with van der Waals surface area (Å²) in [7, 11) is 0. The van der Waals surface area contributed by atoms with Gasteiger partial charge in [0.1, 0.15) is 0 Å². The number of nitrogens with zero attached hydrogens (tertiary/aromatic N) is 1. The van der Waals surface area contributed by atoms with E-state index in [1.54, 1.807) is 6.92 Å². The van der Waals surface area contributed by atoms with E-state index in [2.05, 4.69) is 43.0 Å². The lowest BCUT2D eigenvalue weighted by atomic mass is 9.79. The molecule has 1 saturated carbocycles. The van der Waals surface area contributed by atoms with E-state index in [9.17, 15) is 4.79 Å². The standard InChI is InChI=1S/C19H29NO/c1-15(2)18-9-11-19(12-10-18)20(16(3)21)14-13-17-7-5-4-6-8-17/h4-8,15,18-19H,9-14H2,1-3H3. The summed E-state index contributed by atoms with van der Waals surface area (Å²) in [5.41, 5.74) is 1.32. The average Bonchev–Trinajstić information content (AvgIpc) is 2.48. The van der Waals surface area contributed by atoms with Gasteiger partial charge in [-0.2, -0.15) is 0 Å². The Hall–Kier alpha value is -1.31. The SMILES string of the molecule is CC(=O)N(CCc1ccccc1)C1CCC(C(C)C)CC1. The van der Waals surface area contributed by atoms with Crippen molar-refractivity contribution in [2.75, 3.05) is 6.54 Å². The number of rotatable bonds is 5. The molecule has 0 saturated heterocycles. The van der Waals surface area contributed by atoms with Crippen molar-refractivity contribution in [2.24, 2.45) is 11.8 Å². The molecule has 0 aliphatic heterocycles. The van der Waals surface area contributed by atoms with Crippen molar-refractivity contribution in [1.82, 2.24) is 4.90 Å². The number of hydrogen-bond acceptors (Lipinski definition) is 1. The van der Waals surface area contributed by atoms with Crippen LogP contribution in [-0.4, -0.2) is 23.4 Å². The first-order chi connectivity index (χ1) is 10.1. The topological polar surface area (TPSA) is 20.3 Å². The maximum atomic E-state index is 12.0. The van der Waals surface area contributed by atoms with Gasteiger partial charge in [0.05, 0.1) is 0 Å². The molecule has 1 aliphatic rings. The van der Waals surface area contributed by atoms with Gasteiger partial charge in [0.25, 0.3) is 0 Å². The minimum atomic E-state index is 0.235. The molecule has 1 aromatic carbocycles. The molecule has 0 aromatic heterocycles. The van der Waals surface area contributed by atoms with E-state index in [1.807, 2.05) is 6.07 Å². The van der Waals surface area contributed by atoms with Crippen LogP contribution in [-0.2, 0) is 11.2 Å². The van der Waals surface area contributed by atoms with Crippen molar-refractivity contribution in [3.63, 3.8) is 0 Å². The number of amides is 1. The molecule has 0 bridgehead atoms. The fourth-order valence-electron chi connectivity index (χ4n) is 3.57. The maximum Gasteiger partial charge on any atom is 0.219 e. The number of hydrogen-bond donors (Lipinski definition) is 0. The van der Waals surface area contributed by atoms with Gasteiger partial charge in [-0.05, 0) is 49.5 Å². The van der Waals surface area contributed by atoms with E-state index >= 15 is 0 Å². The molecule has 0 unspecified atom stereocenters. The molecule has 1 aromatic rings. The summed E-state index contributed by atoms with van der Waals surface area (Å²) in [6.45, 7) is 7.22. The molecule has 0 heterocycles. The molecular formula is C19H29NO. The Morgan fingerprint density at radius 2 is 1.76 bits per heavy atom.